The Morgan fingerprint density at radius 2 is 1.80 bits per heavy atom. The van der Waals surface area contributed by atoms with E-state index in [1.807, 2.05) is 48.7 Å². The average Bonchev–Trinajstić information content (AvgIpc) is 3.54. The van der Waals surface area contributed by atoms with E-state index in [9.17, 15) is 4.55 Å². The molecule has 3 N–H and O–H groups in total. The molecule has 0 aliphatic heterocycles. The van der Waals surface area contributed by atoms with E-state index in [0.717, 1.165) is 40.2 Å². The lowest BCUT2D eigenvalue weighted by atomic mass is 10.1. The number of nitrogens with two attached hydrogens (primary N) is 1. The highest BCUT2D eigenvalue weighted by Gasteiger charge is 2.23. The van der Waals surface area contributed by atoms with Crippen LogP contribution in [0.4, 0.5) is 15.9 Å². The van der Waals surface area contributed by atoms with Crippen molar-refractivity contribution in [2.24, 2.45) is 0 Å². The molecule has 1 aliphatic carbocycles. The lowest BCUT2D eigenvalue weighted by Gasteiger charge is -2.13. The largest absolute Gasteiger partial charge is 0.588 e. The van der Waals surface area contributed by atoms with E-state index >= 15 is 4.39 Å². The van der Waals surface area contributed by atoms with E-state index in [-0.39, 0.29) is 5.69 Å². The summed E-state index contributed by atoms with van der Waals surface area (Å²) in [5.74, 6) is -0.115. The van der Waals surface area contributed by atoms with Gasteiger partial charge in [-0.25, -0.2) is 19.1 Å². The van der Waals surface area contributed by atoms with Gasteiger partial charge in [-0.05, 0) is 53.4 Å². The van der Waals surface area contributed by atoms with Crippen LogP contribution in [-0.2, 0) is 11.4 Å². The summed E-state index contributed by atoms with van der Waals surface area (Å²) < 4.78 is 33.1. The van der Waals surface area contributed by atoms with Crippen molar-refractivity contribution in [3.63, 3.8) is 0 Å². The van der Waals surface area contributed by atoms with Crippen LogP contribution in [0.5, 0.6) is 0 Å². The number of benzene rings is 3. The summed E-state index contributed by atoms with van der Waals surface area (Å²) in [7, 11) is 0. The summed E-state index contributed by atoms with van der Waals surface area (Å²) >= 11 is -1.61. The molecule has 1 saturated carbocycles. The van der Waals surface area contributed by atoms with Crippen LogP contribution >= 0.6 is 0 Å². The van der Waals surface area contributed by atoms with Crippen molar-refractivity contribution < 1.29 is 8.94 Å². The Bertz CT molecular complexity index is 1550. The van der Waals surface area contributed by atoms with Crippen LogP contribution in [0, 0.1) is 5.82 Å². The molecule has 2 heterocycles. The first-order valence-corrected chi connectivity index (χ1v) is 12.8. The zero-order valence-corrected chi connectivity index (χ0v) is 19.8. The maximum absolute atomic E-state index is 15.2. The molecular weight excluding hydrogens is 461 g/mol. The van der Waals surface area contributed by atoms with Gasteiger partial charge in [0.2, 0.25) is 0 Å². The summed E-state index contributed by atoms with van der Waals surface area (Å²) in [6, 6.07) is 18.6. The first-order valence-electron chi connectivity index (χ1n) is 11.7. The Balaban J connectivity index is 1.33. The van der Waals surface area contributed by atoms with Crippen molar-refractivity contribution in [2.45, 2.75) is 36.6 Å². The van der Waals surface area contributed by atoms with Crippen molar-refractivity contribution in [2.75, 3.05) is 10.5 Å². The van der Waals surface area contributed by atoms with Crippen LogP contribution in [0.15, 0.2) is 78.1 Å². The van der Waals surface area contributed by atoms with Gasteiger partial charge in [0.05, 0.1) is 5.39 Å². The number of nitrogen functional groups attached to an aromatic ring is 1. The number of fused-ring (bicyclic) bond motifs is 2. The van der Waals surface area contributed by atoms with Gasteiger partial charge in [0.25, 0.3) is 0 Å². The molecule has 1 aliphatic rings. The van der Waals surface area contributed by atoms with Crippen molar-refractivity contribution in [3.05, 3.63) is 79.0 Å². The number of rotatable bonds is 5. The van der Waals surface area contributed by atoms with Gasteiger partial charge in [-0.2, -0.15) is 0 Å². The second kappa shape index (κ2) is 8.87. The molecule has 35 heavy (non-hydrogen) atoms. The second-order valence-electron chi connectivity index (χ2n) is 8.92. The summed E-state index contributed by atoms with van der Waals surface area (Å²) in [5.41, 5.74) is 8.65. The van der Waals surface area contributed by atoms with E-state index in [2.05, 4.69) is 19.3 Å². The van der Waals surface area contributed by atoms with Crippen molar-refractivity contribution in [1.82, 2.24) is 14.5 Å². The Labute approximate surface area is 205 Å². The highest BCUT2D eigenvalue weighted by Crippen LogP contribution is 2.39. The van der Waals surface area contributed by atoms with E-state index in [0.29, 0.717) is 22.3 Å². The molecule has 2 aromatic heterocycles. The number of hydrogen-bond donors (Lipinski definition) is 2. The van der Waals surface area contributed by atoms with Gasteiger partial charge in [-0.15, -0.1) is 0 Å². The minimum atomic E-state index is -1.61. The highest BCUT2D eigenvalue weighted by molar-refractivity contribution is 7.92. The molecule has 0 bridgehead atoms. The lowest BCUT2D eigenvalue weighted by Crippen LogP contribution is -2.14. The molecule has 0 spiro atoms. The van der Waals surface area contributed by atoms with Gasteiger partial charge in [0.15, 0.2) is 10.7 Å². The smallest absolute Gasteiger partial charge is 0.180 e. The maximum atomic E-state index is 15.2. The number of nitrogens with zero attached hydrogens (tertiary/aromatic N) is 3. The van der Waals surface area contributed by atoms with Crippen molar-refractivity contribution >= 4 is 44.7 Å². The Morgan fingerprint density at radius 3 is 2.60 bits per heavy atom. The number of anilines is 2. The fourth-order valence-corrected chi connectivity index (χ4v) is 5.90. The molecule has 0 saturated heterocycles. The maximum Gasteiger partial charge on any atom is 0.180 e. The summed E-state index contributed by atoms with van der Waals surface area (Å²) in [5, 5.41) is 2.78. The molecule has 0 radical (unpaired) electrons. The van der Waals surface area contributed by atoms with E-state index < -0.39 is 17.2 Å². The molecule has 3 aromatic carbocycles. The predicted octanol–water partition coefficient (Wildman–Crippen LogP) is 6.22. The van der Waals surface area contributed by atoms with Crippen molar-refractivity contribution in [1.29, 1.82) is 0 Å². The van der Waals surface area contributed by atoms with Gasteiger partial charge in [-0.1, -0.05) is 43.2 Å². The molecule has 1 fully saturated rings. The number of aromatic nitrogens is 3. The molecular formula is C27H24FN5OS. The minimum Gasteiger partial charge on any atom is -0.588 e. The van der Waals surface area contributed by atoms with Crippen LogP contribution in [0.1, 0.15) is 31.7 Å². The average molecular weight is 486 g/mol. The Hall–Kier alpha value is -3.62. The van der Waals surface area contributed by atoms with E-state index in [4.69, 9.17) is 5.73 Å². The molecule has 1 unspecified atom stereocenters. The van der Waals surface area contributed by atoms with Crippen LogP contribution in [0.3, 0.4) is 0 Å². The first kappa shape index (κ1) is 21.9. The highest BCUT2D eigenvalue weighted by atomic mass is 32.2. The van der Waals surface area contributed by atoms with Gasteiger partial charge < -0.3 is 14.9 Å². The molecule has 6 rings (SSSR count). The molecule has 176 valence electrons. The first-order chi connectivity index (χ1) is 17.1. The normalized spacial score (nSPS) is 15.1. The standard InChI is InChI=1S/C27H24FN5OS/c28-23-14-19(22-15-33(20-7-3-4-8-20)27-25(22)26(29)30-16-31-27)10-12-24(23)32-35(34)21-11-9-17-5-1-2-6-18(17)13-21/h1-2,5-6,9-16,20,32H,3-4,7-8H2,(H2,29,30,31). The molecule has 8 heteroatoms. The van der Waals surface area contributed by atoms with Gasteiger partial charge >= 0.3 is 0 Å². The zero-order valence-electron chi connectivity index (χ0n) is 18.9. The third kappa shape index (κ3) is 3.98. The number of halogens is 1. The summed E-state index contributed by atoms with van der Waals surface area (Å²) in [6.45, 7) is 0. The van der Waals surface area contributed by atoms with Gasteiger partial charge in [0.1, 0.15) is 34.8 Å². The Kier molecular flexibility index (Phi) is 5.54. The van der Waals surface area contributed by atoms with Crippen LogP contribution in [0.25, 0.3) is 32.9 Å². The minimum absolute atomic E-state index is 0.170. The van der Waals surface area contributed by atoms with Crippen LogP contribution in [-0.4, -0.2) is 19.1 Å². The number of hydrogen-bond acceptors (Lipinski definition) is 5. The van der Waals surface area contributed by atoms with Crippen LogP contribution < -0.4 is 10.5 Å². The monoisotopic (exact) mass is 485 g/mol. The van der Waals surface area contributed by atoms with Crippen molar-refractivity contribution in [3.8, 4) is 11.1 Å². The lowest BCUT2D eigenvalue weighted by molar-refractivity contribution is 0.532. The molecule has 1 atom stereocenters. The van der Waals surface area contributed by atoms with E-state index in [1.165, 1.54) is 25.2 Å². The van der Waals surface area contributed by atoms with Gasteiger partial charge in [0, 0.05) is 23.9 Å². The summed E-state index contributed by atoms with van der Waals surface area (Å²) in [4.78, 5) is 9.25. The quantitative estimate of drug-likeness (QED) is 0.288. The fourth-order valence-electron chi connectivity index (χ4n) is 4.99. The molecule has 5 aromatic rings. The van der Waals surface area contributed by atoms with Crippen LogP contribution in [0.2, 0.25) is 0 Å². The fraction of sp³-hybridized carbons (Fsp3) is 0.185. The number of nitrogens with one attached hydrogen (secondary N) is 1. The molecule has 6 nitrogen and oxygen atoms in total. The van der Waals surface area contributed by atoms with E-state index in [1.54, 1.807) is 12.1 Å². The zero-order chi connectivity index (χ0) is 23.9. The third-order valence-electron chi connectivity index (χ3n) is 6.77. The van der Waals surface area contributed by atoms with Gasteiger partial charge in [-0.3, -0.25) is 0 Å². The SMILES string of the molecule is Nc1ncnc2c1c(-c1ccc(N[S+]([O-])c3ccc4ccccc4c3)c(F)c1)cn2C1CCCC1. The second-order valence-corrected chi connectivity index (χ2v) is 10.1. The summed E-state index contributed by atoms with van der Waals surface area (Å²) in [6.07, 6.45) is 8.03. The topological polar surface area (TPSA) is 91.8 Å². The predicted molar refractivity (Wildman–Crippen MR) is 139 cm³/mol. The molecule has 0 amide bonds. The third-order valence-corrected chi connectivity index (χ3v) is 7.86. The Morgan fingerprint density at radius 1 is 1.00 bits per heavy atom.